The number of rotatable bonds is 1. The summed E-state index contributed by atoms with van der Waals surface area (Å²) in [6.07, 6.45) is 8.61. The second-order valence-corrected chi connectivity index (χ2v) is 7.75. The predicted octanol–water partition coefficient (Wildman–Crippen LogP) is 3.12. The summed E-state index contributed by atoms with van der Waals surface area (Å²) in [4.78, 5) is 5.63. The molecule has 0 amide bonds. The Labute approximate surface area is 113 Å². The van der Waals surface area contributed by atoms with Crippen LogP contribution in [0.2, 0.25) is 0 Å². The van der Waals surface area contributed by atoms with Gasteiger partial charge in [0, 0.05) is 31.2 Å². The largest absolute Gasteiger partial charge is 0.298 e. The van der Waals surface area contributed by atoms with Crippen molar-refractivity contribution in [1.29, 1.82) is 0 Å². The van der Waals surface area contributed by atoms with Gasteiger partial charge in [0.05, 0.1) is 0 Å². The molecule has 0 bridgehead atoms. The van der Waals surface area contributed by atoms with Crippen molar-refractivity contribution >= 4 is 0 Å². The number of piperazine rings is 1. The van der Waals surface area contributed by atoms with E-state index in [-0.39, 0.29) is 0 Å². The molecule has 0 aromatic rings. The SMILES string of the molecule is CC1CN2CCCCC2CN1C1CCC(C)(C)C1. The average Bonchev–Trinajstić information content (AvgIpc) is 2.68. The van der Waals surface area contributed by atoms with E-state index in [9.17, 15) is 0 Å². The molecular formula is C16H30N2. The van der Waals surface area contributed by atoms with Crippen LogP contribution in [0.1, 0.15) is 59.3 Å². The Bertz CT molecular complexity index is 299. The summed E-state index contributed by atoms with van der Waals surface area (Å²) in [7, 11) is 0. The Kier molecular flexibility index (Phi) is 3.44. The van der Waals surface area contributed by atoms with Crippen molar-refractivity contribution in [3.05, 3.63) is 0 Å². The van der Waals surface area contributed by atoms with Crippen LogP contribution in [-0.4, -0.2) is 47.6 Å². The molecule has 3 rings (SSSR count). The van der Waals surface area contributed by atoms with Crippen molar-refractivity contribution in [2.45, 2.75) is 77.4 Å². The molecule has 104 valence electrons. The molecule has 0 aromatic carbocycles. The van der Waals surface area contributed by atoms with Gasteiger partial charge in [-0.25, -0.2) is 0 Å². The molecule has 2 nitrogen and oxygen atoms in total. The molecule has 3 fully saturated rings. The van der Waals surface area contributed by atoms with Crippen molar-refractivity contribution < 1.29 is 0 Å². The lowest BCUT2D eigenvalue weighted by atomic mass is 9.90. The minimum absolute atomic E-state index is 0.591. The Morgan fingerprint density at radius 2 is 1.83 bits per heavy atom. The molecule has 18 heavy (non-hydrogen) atoms. The van der Waals surface area contributed by atoms with Crippen LogP contribution >= 0.6 is 0 Å². The molecule has 2 aliphatic heterocycles. The van der Waals surface area contributed by atoms with Gasteiger partial charge < -0.3 is 0 Å². The first-order valence-electron chi connectivity index (χ1n) is 8.05. The van der Waals surface area contributed by atoms with Crippen molar-refractivity contribution in [3.8, 4) is 0 Å². The van der Waals surface area contributed by atoms with Gasteiger partial charge in [-0.15, -0.1) is 0 Å². The van der Waals surface area contributed by atoms with Gasteiger partial charge in [-0.1, -0.05) is 20.3 Å². The Hall–Kier alpha value is -0.0800. The van der Waals surface area contributed by atoms with Crippen LogP contribution in [0.5, 0.6) is 0 Å². The lowest BCUT2D eigenvalue weighted by molar-refractivity contribution is -0.00826. The van der Waals surface area contributed by atoms with Gasteiger partial charge in [0.1, 0.15) is 0 Å². The Morgan fingerprint density at radius 3 is 2.56 bits per heavy atom. The summed E-state index contributed by atoms with van der Waals surface area (Å²) in [5.74, 6) is 0. The molecule has 0 radical (unpaired) electrons. The summed E-state index contributed by atoms with van der Waals surface area (Å²) in [5, 5.41) is 0. The fourth-order valence-corrected chi connectivity index (χ4v) is 4.57. The van der Waals surface area contributed by atoms with Crippen LogP contribution in [-0.2, 0) is 0 Å². The first kappa shape index (κ1) is 12.9. The lowest BCUT2D eigenvalue weighted by Crippen LogP contribution is -2.60. The normalized spacial score (nSPS) is 41.8. The quantitative estimate of drug-likeness (QED) is 0.705. The molecule has 2 heteroatoms. The van der Waals surface area contributed by atoms with Crippen LogP contribution in [0.3, 0.4) is 0 Å². The zero-order valence-corrected chi connectivity index (χ0v) is 12.5. The first-order chi connectivity index (χ1) is 8.55. The van der Waals surface area contributed by atoms with Crippen molar-refractivity contribution in [3.63, 3.8) is 0 Å². The van der Waals surface area contributed by atoms with E-state index >= 15 is 0 Å². The number of hydrogen-bond acceptors (Lipinski definition) is 2. The number of hydrogen-bond donors (Lipinski definition) is 0. The van der Waals surface area contributed by atoms with Crippen LogP contribution in [0, 0.1) is 5.41 Å². The number of piperidine rings is 1. The molecular weight excluding hydrogens is 220 g/mol. The van der Waals surface area contributed by atoms with E-state index in [1.54, 1.807) is 0 Å². The smallest absolute Gasteiger partial charge is 0.0224 e. The van der Waals surface area contributed by atoms with Crippen LogP contribution in [0.25, 0.3) is 0 Å². The highest BCUT2D eigenvalue weighted by Crippen LogP contribution is 2.41. The second kappa shape index (κ2) is 4.79. The summed E-state index contributed by atoms with van der Waals surface area (Å²) in [6.45, 7) is 11.4. The Balaban J connectivity index is 1.66. The van der Waals surface area contributed by atoms with Gasteiger partial charge in [0.15, 0.2) is 0 Å². The van der Waals surface area contributed by atoms with Gasteiger partial charge >= 0.3 is 0 Å². The van der Waals surface area contributed by atoms with Gasteiger partial charge in [0.2, 0.25) is 0 Å². The zero-order chi connectivity index (χ0) is 12.8. The first-order valence-corrected chi connectivity index (χ1v) is 8.05. The average molecular weight is 250 g/mol. The van der Waals surface area contributed by atoms with Crippen LogP contribution in [0.4, 0.5) is 0 Å². The molecule has 0 N–H and O–H groups in total. The van der Waals surface area contributed by atoms with Gasteiger partial charge in [-0.05, 0) is 51.0 Å². The third-order valence-corrected chi connectivity index (χ3v) is 5.65. The van der Waals surface area contributed by atoms with Crippen molar-refractivity contribution in [2.24, 2.45) is 5.41 Å². The zero-order valence-electron chi connectivity index (χ0n) is 12.5. The number of nitrogens with zero attached hydrogens (tertiary/aromatic N) is 2. The van der Waals surface area contributed by atoms with Crippen LogP contribution in [0.15, 0.2) is 0 Å². The summed E-state index contributed by atoms with van der Waals surface area (Å²) >= 11 is 0. The fraction of sp³-hybridized carbons (Fsp3) is 1.00. The molecule has 0 spiro atoms. The van der Waals surface area contributed by atoms with E-state index in [4.69, 9.17) is 0 Å². The van der Waals surface area contributed by atoms with E-state index in [1.165, 1.54) is 58.2 Å². The highest BCUT2D eigenvalue weighted by molar-refractivity contribution is 4.96. The predicted molar refractivity (Wildman–Crippen MR) is 76.8 cm³/mol. The molecule has 1 saturated carbocycles. The standard InChI is InChI=1S/C16H30N2/c1-13-11-17-9-5-4-6-15(17)12-18(13)14-7-8-16(2,3)10-14/h13-15H,4-12H2,1-3H3. The lowest BCUT2D eigenvalue weighted by Gasteiger charge is -2.49. The van der Waals surface area contributed by atoms with E-state index in [1.807, 2.05) is 0 Å². The molecule has 1 aliphatic carbocycles. The van der Waals surface area contributed by atoms with Crippen molar-refractivity contribution in [2.75, 3.05) is 19.6 Å². The maximum atomic E-state index is 2.86. The van der Waals surface area contributed by atoms with Crippen molar-refractivity contribution in [1.82, 2.24) is 9.80 Å². The maximum absolute atomic E-state index is 2.86. The van der Waals surface area contributed by atoms with E-state index in [0.29, 0.717) is 5.41 Å². The monoisotopic (exact) mass is 250 g/mol. The molecule has 2 saturated heterocycles. The van der Waals surface area contributed by atoms with Gasteiger partial charge in [-0.3, -0.25) is 9.80 Å². The number of fused-ring (bicyclic) bond motifs is 1. The summed E-state index contributed by atoms with van der Waals surface area (Å²) in [6, 6.07) is 2.52. The van der Waals surface area contributed by atoms with E-state index in [2.05, 4.69) is 30.6 Å². The minimum atomic E-state index is 0.591. The van der Waals surface area contributed by atoms with E-state index in [0.717, 1.165) is 18.1 Å². The topological polar surface area (TPSA) is 6.48 Å². The van der Waals surface area contributed by atoms with Gasteiger partial charge in [-0.2, -0.15) is 0 Å². The van der Waals surface area contributed by atoms with Crippen LogP contribution < -0.4 is 0 Å². The summed E-state index contributed by atoms with van der Waals surface area (Å²) < 4.78 is 0. The molecule has 3 aliphatic rings. The third kappa shape index (κ3) is 2.46. The third-order valence-electron chi connectivity index (χ3n) is 5.65. The molecule has 2 heterocycles. The Morgan fingerprint density at radius 1 is 1.00 bits per heavy atom. The molecule has 3 atom stereocenters. The second-order valence-electron chi connectivity index (χ2n) is 7.75. The fourth-order valence-electron chi connectivity index (χ4n) is 4.57. The highest BCUT2D eigenvalue weighted by Gasteiger charge is 2.40. The minimum Gasteiger partial charge on any atom is -0.298 e. The highest BCUT2D eigenvalue weighted by atomic mass is 15.3. The van der Waals surface area contributed by atoms with Gasteiger partial charge in [0.25, 0.3) is 0 Å². The summed E-state index contributed by atoms with van der Waals surface area (Å²) in [5.41, 5.74) is 0.591. The maximum Gasteiger partial charge on any atom is 0.0224 e. The molecule has 0 aromatic heterocycles. The molecule has 3 unspecified atom stereocenters. The van der Waals surface area contributed by atoms with E-state index < -0.39 is 0 Å².